The number of benzene rings is 2. The number of ether oxygens (including phenoxy) is 1. The average molecular weight is 288 g/mol. The molecule has 0 aromatic heterocycles. The summed E-state index contributed by atoms with van der Waals surface area (Å²) in [6, 6.07) is 13.8. The van der Waals surface area contributed by atoms with Crippen molar-refractivity contribution in [3.8, 4) is 16.9 Å². The maximum absolute atomic E-state index is 10.8. The predicted octanol–water partition coefficient (Wildman–Crippen LogP) is 1.78. The van der Waals surface area contributed by atoms with E-state index in [9.17, 15) is 9.90 Å². The van der Waals surface area contributed by atoms with Gasteiger partial charge in [0.15, 0.2) is 0 Å². The minimum absolute atomic E-state index is 0.0309. The SMILES string of the molecule is O=C(O)c1ccc(-c2ccc(OCC(O)CO)cc2)cc1. The maximum Gasteiger partial charge on any atom is 0.335 e. The van der Waals surface area contributed by atoms with Crippen molar-refractivity contribution in [1.82, 2.24) is 0 Å². The van der Waals surface area contributed by atoms with Gasteiger partial charge in [0.1, 0.15) is 18.5 Å². The molecule has 0 aliphatic heterocycles. The summed E-state index contributed by atoms with van der Waals surface area (Å²) >= 11 is 0. The van der Waals surface area contributed by atoms with E-state index in [2.05, 4.69) is 0 Å². The number of carbonyl (C=O) groups is 1. The summed E-state index contributed by atoms with van der Waals surface area (Å²) in [5, 5.41) is 26.7. The molecule has 2 aromatic carbocycles. The van der Waals surface area contributed by atoms with E-state index >= 15 is 0 Å². The molecule has 2 rings (SSSR count). The third-order valence-electron chi connectivity index (χ3n) is 2.97. The molecule has 3 N–H and O–H groups in total. The molecular formula is C16H16O5. The molecule has 0 radical (unpaired) electrons. The van der Waals surface area contributed by atoms with Crippen molar-refractivity contribution in [3.63, 3.8) is 0 Å². The predicted molar refractivity (Wildman–Crippen MR) is 77.4 cm³/mol. The van der Waals surface area contributed by atoms with Crippen LogP contribution < -0.4 is 4.74 Å². The highest BCUT2D eigenvalue weighted by molar-refractivity contribution is 5.88. The minimum Gasteiger partial charge on any atom is -0.491 e. The number of carboxylic acid groups (broad SMARTS) is 1. The standard InChI is InChI=1S/C16H16O5/c17-9-14(18)10-21-15-7-5-12(6-8-15)11-1-3-13(4-2-11)16(19)20/h1-8,14,17-18H,9-10H2,(H,19,20). The molecule has 0 saturated carbocycles. The fraction of sp³-hybridized carbons (Fsp3) is 0.188. The molecule has 0 aliphatic rings. The number of rotatable bonds is 6. The molecule has 0 aliphatic carbocycles. The summed E-state index contributed by atoms with van der Waals surface area (Å²) in [5.74, 6) is -0.360. The first-order valence-electron chi connectivity index (χ1n) is 6.45. The summed E-state index contributed by atoms with van der Waals surface area (Å²) in [5.41, 5.74) is 2.08. The minimum atomic E-state index is -0.951. The van der Waals surface area contributed by atoms with Gasteiger partial charge in [-0.3, -0.25) is 0 Å². The van der Waals surface area contributed by atoms with Crippen LogP contribution in [0.3, 0.4) is 0 Å². The lowest BCUT2D eigenvalue weighted by Gasteiger charge is -2.10. The van der Waals surface area contributed by atoms with E-state index in [-0.39, 0.29) is 18.8 Å². The second kappa shape index (κ2) is 6.88. The van der Waals surface area contributed by atoms with Crippen molar-refractivity contribution >= 4 is 5.97 Å². The van der Waals surface area contributed by atoms with Crippen LogP contribution in [0.1, 0.15) is 10.4 Å². The molecule has 1 atom stereocenters. The maximum atomic E-state index is 10.8. The van der Waals surface area contributed by atoms with Crippen LogP contribution in [0, 0.1) is 0 Å². The van der Waals surface area contributed by atoms with Crippen LogP contribution in [-0.4, -0.2) is 40.6 Å². The first kappa shape index (κ1) is 15.0. The summed E-state index contributed by atoms with van der Waals surface area (Å²) in [6.45, 7) is -0.308. The molecule has 1 unspecified atom stereocenters. The quantitative estimate of drug-likeness (QED) is 0.754. The lowest BCUT2D eigenvalue weighted by atomic mass is 10.0. The number of aliphatic hydroxyl groups is 2. The van der Waals surface area contributed by atoms with Gasteiger partial charge in [0.25, 0.3) is 0 Å². The normalized spacial score (nSPS) is 11.9. The van der Waals surface area contributed by atoms with Crippen LogP contribution in [0.2, 0.25) is 0 Å². The molecule has 0 amide bonds. The van der Waals surface area contributed by atoms with Gasteiger partial charge in [0, 0.05) is 0 Å². The number of hydrogen-bond acceptors (Lipinski definition) is 4. The van der Waals surface area contributed by atoms with Crippen molar-refractivity contribution in [3.05, 3.63) is 54.1 Å². The molecule has 0 spiro atoms. The van der Waals surface area contributed by atoms with Gasteiger partial charge in [0.05, 0.1) is 12.2 Å². The van der Waals surface area contributed by atoms with E-state index in [4.69, 9.17) is 14.9 Å². The molecule has 2 aromatic rings. The molecule has 0 heterocycles. The summed E-state index contributed by atoms with van der Waals surface area (Å²) in [6.07, 6.45) is -0.895. The third kappa shape index (κ3) is 4.05. The van der Waals surface area contributed by atoms with Crippen molar-refractivity contribution in [2.45, 2.75) is 6.10 Å². The first-order valence-corrected chi connectivity index (χ1v) is 6.45. The van der Waals surface area contributed by atoms with E-state index in [0.29, 0.717) is 5.75 Å². The van der Waals surface area contributed by atoms with Gasteiger partial charge in [-0.1, -0.05) is 24.3 Å². The fourth-order valence-corrected chi connectivity index (χ4v) is 1.79. The van der Waals surface area contributed by atoms with Crippen LogP contribution >= 0.6 is 0 Å². The summed E-state index contributed by atoms with van der Waals surface area (Å²) in [7, 11) is 0. The number of hydrogen-bond donors (Lipinski definition) is 3. The van der Waals surface area contributed by atoms with Gasteiger partial charge < -0.3 is 20.1 Å². The van der Waals surface area contributed by atoms with Crippen LogP contribution in [0.15, 0.2) is 48.5 Å². The molecule has 21 heavy (non-hydrogen) atoms. The smallest absolute Gasteiger partial charge is 0.335 e. The molecule has 5 nitrogen and oxygen atoms in total. The third-order valence-corrected chi connectivity index (χ3v) is 2.97. The molecule has 0 fully saturated rings. The summed E-state index contributed by atoms with van der Waals surface area (Å²) in [4.78, 5) is 10.8. The Morgan fingerprint density at radius 2 is 1.52 bits per heavy atom. The first-order chi connectivity index (χ1) is 10.1. The van der Waals surface area contributed by atoms with E-state index in [0.717, 1.165) is 11.1 Å². The van der Waals surface area contributed by atoms with E-state index in [1.165, 1.54) is 0 Å². The largest absolute Gasteiger partial charge is 0.491 e. The van der Waals surface area contributed by atoms with Crippen LogP contribution in [-0.2, 0) is 0 Å². The van der Waals surface area contributed by atoms with Crippen LogP contribution in [0.5, 0.6) is 5.75 Å². The fourth-order valence-electron chi connectivity index (χ4n) is 1.79. The van der Waals surface area contributed by atoms with Gasteiger partial charge in [-0.05, 0) is 35.4 Å². The zero-order valence-corrected chi connectivity index (χ0v) is 11.3. The highest BCUT2D eigenvalue weighted by Crippen LogP contribution is 2.23. The Labute approximate surface area is 122 Å². The van der Waals surface area contributed by atoms with Gasteiger partial charge in [-0.25, -0.2) is 4.79 Å². The van der Waals surface area contributed by atoms with Gasteiger partial charge in [0.2, 0.25) is 0 Å². The van der Waals surface area contributed by atoms with Crippen LogP contribution in [0.25, 0.3) is 11.1 Å². The van der Waals surface area contributed by atoms with E-state index in [1.807, 2.05) is 12.1 Å². The summed E-state index contributed by atoms with van der Waals surface area (Å²) < 4.78 is 5.31. The van der Waals surface area contributed by atoms with Gasteiger partial charge in [-0.15, -0.1) is 0 Å². The van der Waals surface area contributed by atoms with Crippen molar-refractivity contribution in [2.24, 2.45) is 0 Å². The lowest BCUT2D eigenvalue weighted by Crippen LogP contribution is -2.21. The second-order valence-corrected chi connectivity index (χ2v) is 4.55. The molecule has 0 bridgehead atoms. The van der Waals surface area contributed by atoms with Gasteiger partial charge >= 0.3 is 5.97 Å². The Balaban J connectivity index is 2.06. The topological polar surface area (TPSA) is 87.0 Å². The van der Waals surface area contributed by atoms with Crippen molar-refractivity contribution in [2.75, 3.05) is 13.2 Å². The van der Waals surface area contributed by atoms with E-state index < -0.39 is 12.1 Å². The second-order valence-electron chi connectivity index (χ2n) is 4.55. The van der Waals surface area contributed by atoms with Crippen molar-refractivity contribution < 1.29 is 24.9 Å². The zero-order valence-electron chi connectivity index (χ0n) is 11.3. The highest BCUT2D eigenvalue weighted by Gasteiger charge is 2.05. The Kier molecular flexibility index (Phi) is 4.92. The highest BCUT2D eigenvalue weighted by atomic mass is 16.5. The van der Waals surface area contributed by atoms with E-state index in [1.54, 1.807) is 36.4 Å². The Morgan fingerprint density at radius 3 is 2.00 bits per heavy atom. The van der Waals surface area contributed by atoms with Crippen molar-refractivity contribution in [1.29, 1.82) is 0 Å². The Hall–Kier alpha value is -2.37. The molecule has 110 valence electrons. The lowest BCUT2D eigenvalue weighted by molar-refractivity contribution is 0.0536. The number of carboxylic acids is 1. The van der Waals surface area contributed by atoms with Gasteiger partial charge in [-0.2, -0.15) is 0 Å². The monoisotopic (exact) mass is 288 g/mol. The number of aliphatic hydroxyl groups excluding tert-OH is 2. The molecule has 5 heteroatoms. The average Bonchev–Trinajstić information content (AvgIpc) is 2.53. The van der Waals surface area contributed by atoms with Crippen LogP contribution in [0.4, 0.5) is 0 Å². The Morgan fingerprint density at radius 1 is 1.00 bits per heavy atom. The number of aromatic carboxylic acids is 1. The molecule has 0 saturated heterocycles. The Bertz CT molecular complexity index is 589. The molecular weight excluding hydrogens is 272 g/mol. The zero-order chi connectivity index (χ0) is 15.2.